The number of piperidine rings is 1. The average Bonchev–Trinajstić information content (AvgIpc) is 2.70. The van der Waals surface area contributed by atoms with Crippen LogP contribution in [0.3, 0.4) is 0 Å². The molecule has 1 unspecified atom stereocenters. The molecule has 2 aromatic carbocycles. The first-order valence-electron chi connectivity index (χ1n) is 9.26. The summed E-state index contributed by atoms with van der Waals surface area (Å²) in [5.74, 6) is 1.33. The van der Waals surface area contributed by atoms with Gasteiger partial charge in [-0.2, -0.15) is 0 Å². The Labute approximate surface area is 179 Å². The molecule has 1 aliphatic heterocycles. The second kappa shape index (κ2) is 11.1. The lowest BCUT2D eigenvalue weighted by Gasteiger charge is -2.34. The monoisotopic (exact) mass is 480 g/mol. The standard InChI is InChI=1S/C21H28N4O.HI/c1-26-19-12-10-17(11-13-19)20(25-14-6-3-7-15-25)16-23-21(22)24-18-8-4-2-5-9-18;/h2,4-5,8-13,20H,3,6-7,14-16H2,1H3,(H3,22,23,24);1H. The van der Waals surface area contributed by atoms with Crippen molar-refractivity contribution in [3.63, 3.8) is 0 Å². The normalized spacial score (nSPS) is 16.3. The van der Waals surface area contributed by atoms with Gasteiger partial charge in [-0.3, -0.25) is 9.89 Å². The number of para-hydroxylation sites is 1. The maximum absolute atomic E-state index is 6.11. The highest BCUT2D eigenvalue weighted by Gasteiger charge is 2.22. The summed E-state index contributed by atoms with van der Waals surface area (Å²) in [6.45, 7) is 2.86. The number of aliphatic imine (C=N–C) groups is 1. The number of guanidine groups is 1. The lowest BCUT2D eigenvalue weighted by Crippen LogP contribution is -2.36. The lowest BCUT2D eigenvalue weighted by atomic mass is 10.0. The fraction of sp³-hybridized carbons (Fsp3) is 0.381. The molecule has 1 aliphatic rings. The third kappa shape index (κ3) is 6.39. The molecule has 1 fully saturated rings. The second-order valence-corrected chi connectivity index (χ2v) is 6.60. The molecule has 0 radical (unpaired) electrons. The molecule has 6 heteroatoms. The molecular formula is C21H29IN4O. The van der Waals surface area contributed by atoms with Gasteiger partial charge >= 0.3 is 0 Å². The average molecular weight is 480 g/mol. The molecule has 0 saturated carbocycles. The van der Waals surface area contributed by atoms with Crippen LogP contribution in [-0.2, 0) is 0 Å². The number of halogens is 1. The van der Waals surface area contributed by atoms with Crippen molar-refractivity contribution < 1.29 is 4.74 Å². The molecule has 0 spiro atoms. The van der Waals surface area contributed by atoms with Gasteiger partial charge in [0.25, 0.3) is 0 Å². The number of benzene rings is 2. The Hall–Kier alpha value is -1.80. The van der Waals surface area contributed by atoms with Crippen molar-refractivity contribution in [3.05, 3.63) is 60.2 Å². The van der Waals surface area contributed by atoms with E-state index in [0.717, 1.165) is 24.5 Å². The molecule has 1 saturated heterocycles. The predicted octanol–water partition coefficient (Wildman–Crippen LogP) is 4.27. The minimum atomic E-state index is 0. The molecule has 3 rings (SSSR count). The molecule has 2 aromatic rings. The number of anilines is 1. The van der Waals surface area contributed by atoms with E-state index in [0.29, 0.717) is 12.5 Å². The first-order valence-corrected chi connectivity index (χ1v) is 9.26. The molecule has 1 atom stereocenters. The van der Waals surface area contributed by atoms with Crippen LogP contribution in [0.5, 0.6) is 5.75 Å². The number of methoxy groups -OCH3 is 1. The van der Waals surface area contributed by atoms with E-state index in [4.69, 9.17) is 10.5 Å². The molecule has 0 aliphatic carbocycles. The summed E-state index contributed by atoms with van der Waals surface area (Å²) in [4.78, 5) is 7.14. The third-order valence-corrected chi connectivity index (χ3v) is 4.81. The number of ether oxygens (including phenoxy) is 1. The van der Waals surface area contributed by atoms with Gasteiger partial charge in [-0.05, 0) is 55.8 Å². The maximum atomic E-state index is 6.11. The highest BCUT2D eigenvalue weighted by molar-refractivity contribution is 14.0. The van der Waals surface area contributed by atoms with Crippen molar-refractivity contribution in [1.82, 2.24) is 4.90 Å². The van der Waals surface area contributed by atoms with Crippen LogP contribution in [0.15, 0.2) is 59.6 Å². The Kier molecular flexibility index (Phi) is 8.87. The zero-order valence-corrected chi connectivity index (χ0v) is 18.1. The Bertz CT molecular complexity index is 700. The Morgan fingerprint density at radius 3 is 2.37 bits per heavy atom. The number of hydrogen-bond acceptors (Lipinski definition) is 3. The summed E-state index contributed by atoms with van der Waals surface area (Å²) in [5.41, 5.74) is 8.31. The fourth-order valence-electron chi connectivity index (χ4n) is 3.38. The molecule has 146 valence electrons. The summed E-state index contributed by atoms with van der Waals surface area (Å²) >= 11 is 0. The molecule has 0 aromatic heterocycles. The number of nitrogens with two attached hydrogens (primary N) is 1. The number of hydrogen-bond donors (Lipinski definition) is 2. The zero-order valence-electron chi connectivity index (χ0n) is 15.8. The van der Waals surface area contributed by atoms with Gasteiger partial charge in [0.05, 0.1) is 19.7 Å². The van der Waals surface area contributed by atoms with Crippen molar-refractivity contribution in [3.8, 4) is 5.75 Å². The number of rotatable bonds is 6. The molecule has 0 bridgehead atoms. The smallest absolute Gasteiger partial charge is 0.193 e. The second-order valence-electron chi connectivity index (χ2n) is 6.60. The Morgan fingerprint density at radius 2 is 1.74 bits per heavy atom. The van der Waals surface area contributed by atoms with Gasteiger partial charge in [-0.25, -0.2) is 0 Å². The van der Waals surface area contributed by atoms with E-state index in [-0.39, 0.29) is 30.0 Å². The van der Waals surface area contributed by atoms with Crippen molar-refractivity contribution in [2.24, 2.45) is 10.7 Å². The van der Waals surface area contributed by atoms with Crippen LogP contribution < -0.4 is 15.8 Å². The van der Waals surface area contributed by atoms with E-state index in [1.54, 1.807) is 7.11 Å². The van der Waals surface area contributed by atoms with Crippen molar-refractivity contribution in [1.29, 1.82) is 0 Å². The quantitative estimate of drug-likeness (QED) is 0.369. The molecular weight excluding hydrogens is 451 g/mol. The van der Waals surface area contributed by atoms with Gasteiger partial charge < -0.3 is 15.8 Å². The van der Waals surface area contributed by atoms with Crippen LogP contribution in [0.4, 0.5) is 5.69 Å². The van der Waals surface area contributed by atoms with Crippen LogP contribution >= 0.6 is 24.0 Å². The van der Waals surface area contributed by atoms with Crippen molar-refractivity contribution in [2.75, 3.05) is 32.1 Å². The lowest BCUT2D eigenvalue weighted by molar-refractivity contribution is 0.168. The van der Waals surface area contributed by atoms with Crippen LogP contribution in [0.1, 0.15) is 30.9 Å². The van der Waals surface area contributed by atoms with Crippen LogP contribution in [-0.4, -0.2) is 37.6 Å². The molecule has 1 heterocycles. The minimum Gasteiger partial charge on any atom is -0.497 e. The summed E-state index contributed by atoms with van der Waals surface area (Å²) < 4.78 is 5.29. The van der Waals surface area contributed by atoms with Gasteiger partial charge in [0.2, 0.25) is 0 Å². The summed E-state index contributed by atoms with van der Waals surface area (Å²) in [7, 11) is 1.69. The van der Waals surface area contributed by atoms with E-state index in [9.17, 15) is 0 Å². The van der Waals surface area contributed by atoms with Gasteiger partial charge in [-0.1, -0.05) is 36.8 Å². The SMILES string of the molecule is COc1ccc(C(CN=C(N)Nc2ccccc2)N2CCCCC2)cc1.I. The van der Waals surface area contributed by atoms with Crippen LogP contribution in [0, 0.1) is 0 Å². The van der Waals surface area contributed by atoms with E-state index in [1.807, 2.05) is 42.5 Å². The zero-order chi connectivity index (χ0) is 18.2. The summed E-state index contributed by atoms with van der Waals surface area (Å²) in [6.07, 6.45) is 3.80. The summed E-state index contributed by atoms with van der Waals surface area (Å²) in [6, 6.07) is 18.4. The van der Waals surface area contributed by atoms with Gasteiger partial charge in [0.15, 0.2) is 5.96 Å². The highest BCUT2D eigenvalue weighted by atomic mass is 127. The van der Waals surface area contributed by atoms with Crippen molar-refractivity contribution >= 4 is 35.6 Å². The first-order chi connectivity index (χ1) is 12.8. The molecule has 5 nitrogen and oxygen atoms in total. The van der Waals surface area contributed by atoms with Crippen LogP contribution in [0.25, 0.3) is 0 Å². The predicted molar refractivity (Wildman–Crippen MR) is 123 cm³/mol. The topological polar surface area (TPSA) is 62.9 Å². The molecule has 0 amide bonds. The van der Waals surface area contributed by atoms with Gasteiger partial charge in [0.1, 0.15) is 5.75 Å². The largest absolute Gasteiger partial charge is 0.497 e. The molecule has 3 N–H and O–H groups in total. The highest BCUT2D eigenvalue weighted by Crippen LogP contribution is 2.26. The van der Waals surface area contributed by atoms with E-state index in [1.165, 1.54) is 24.8 Å². The molecule has 27 heavy (non-hydrogen) atoms. The van der Waals surface area contributed by atoms with Crippen molar-refractivity contribution in [2.45, 2.75) is 25.3 Å². The van der Waals surface area contributed by atoms with E-state index >= 15 is 0 Å². The van der Waals surface area contributed by atoms with Gasteiger partial charge in [-0.15, -0.1) is 24.0 Å². The third-order valence-electron chi connectivity index (χ3n) is 4.81. The first kappa shape index (κ1) is 21.5. The number of likely N-dealkylation sites (tertiary alicyclic amines) is 1. The Balaban J connectivity index is 0.00000261. The number of nitrogens with zero attached hydrogens (tertiary/aromatic N) is 2. The minimum absolute atomic E-state index is 0. The van der Waals surface area contributed by atoms with Gasteiger partial charge in [0, 0.05) is 5.69 Å². The van der Waals surface area contributed by atoms with E-state index < -0.39 is 0 Å². The number of nitrogens with one attached hydrogen (secondary N) is 1. The Morgan fingerprint density at radius 1 is 1.07 bits per heavy atom. The summed E-state index contributed by atoms with van der Waals surface area (Å²) in [5, 5.41) is 3.16. The van der Waals surface area contributed by atoms with E-state index in [2.05, 4.69) is 27.3 Å². The van der Waals surface area contributed by atoms with Crippen LogP contribution in [0.2, 0.25) is 0 Å². The maximum Gasteiger partial charge on any atom is 0.193 e. The fourth-order valence-corrected chi connectivity index (χ4v) is 3.38.